The SMILES string of the molecule is Cc1cc(Cl)cc(C)c1C#CCCN=[N+]=[N-]. The molecule has 3 nitrogen and oxygen atoms in total. The van der Waals surface area contributed by atoms with Gasteiger partial charge in [0.05, 0.1) is 0 Å². The highest BCUT2D eigenvalue weighted by Gasteiger charge is 2.00. The predicted octanol–water partition coefficient (Wildman–Crippen LogP) is 4.01. The lowest BCUT2D eigenvalue weighted by Gasteiger charge is -2.03. The number of benzene rings is 1. The first-order valence-electron chi connectivity index (χ1n) is 4.91. The molecular formula is C12H12ClN3. The fourth-order valence-corrected chi connectivity index (χ4v) is 1.74. The summed E-state index contributed by atoms with van der Waals surface area (Å²) in [7, 11) is 0. The average Bonchev–Trinajstić information content (AvgIpc) is 2.20. The Morgan fingerprint density at radius 1 is 1.38 bits per heavy atom. The van der Waals surface area contributed by atoms with Gasteiger partial charge in [0, 0.05) is 28.5 Å². The summed E-state index contributed by atoms with van der Waals surface area (Å²) in [6.45, 7) is 4.38. The molecule has 1 rings (SSSR count). The van der Waals surface area contributed by atoms with E-state index < -0.39 is 0 Å². The van der Waals surface area contributed by atoms with Gasteiger partial charge in [0.15, 0.2) is 0 Å². The molecule has 0 unspecified atom stereocenters. The molecule has 0 spiro atoms. The van der Waals surface area contributed by atoms with Gasteiger partial charge in [-0.25, -0.2) is 0 Å². The van der Waals surface area contributed by atoms with E-state index in [9.17, 15) is 0 Å². The maximum absolute atomic E-state index is 8.10. The lowest BCUT2D eigenvalue weighted by molar-refractivity contribution is 1.01. The fraction of sp³-hybridized carbons (Fsp3) is 0.333. The van der Waals surface area contributed by atoms with Crippen molar-refractivity contribution in [2.45, 2.75) is 20.3 Å². The minimum absolute atomic E-state index is 0.412. The van der Waals surface area contributed by atoms with Gasteiger partial charge in [0.1, 0.15) is 0 Å². The van der Waals surface area contributed by atoms with Gasteiger partial charge >= 0.3 is 0 Å². The number of hydrogen-bond acceptors (Lipinski definition) is 1. The molecule has 0 aliphatic rings. The third kappa shape index (κ3) is 3.51. The molecule has 0 aromatic heterocycles. The Hall–Kier alpha value is -1.62. The van der Waals surface area contributed by atoms with Crippen LogP contribution in [0, 0.1) is 25.7 Å². The molecule has 0 N–H and O–H groups in total. The Labute approximate surface area is 100 Å². The molecule has 0 amide bonds. The topological polar surface area (TPSA) is 48.8 Å². The molecule has 0 fully saturated rings. The largest absolute Gasteiger partial charge is 0.0977 e. The Bertz CT molecular complexity index is 468. The molecular weight excluding hydrogens is 222 g/mol. The van der Waals surface area contributed by atoms with Crippen molar-refractivity contribution in [2.75, 3.05) is 6.54 Å². The quantitative estimate of drug-likeness (QED) is 0.244. The monoisotopic (exact) mass is 233 g/mol. The number of aryl methyl sites for hydroxylation is 2. The number of hydrogen-bond donors (Lipinski definition) is 0. The molecule has 0 atom stereocenters. The second kappa shape index (κ2) is 6.07. The molecule has 1 aromatic carbocycles. The molecule has 0 saturated carbocycles. The number of halogens is 1. The van der Waals surface area contributed by atoms with Crippen molar-refractivity contribution in [3.8, 4) is 11.8 Å². The summed E-state index contributed by atoms with van der Waals surface area (Å²) in [6.07, 6.45) is 0.575. The highest BCUT2D eigenvalue weighted by Crippen LogP contribution is 2.19. The zero-order valence-corrected chi connectivity index (χ0v) is 10.0. The Morgan fingerprint density at radius 3 is 2.56 bits per heavy atom. The van der Waals surface area contributed by atoms with E-state index in [1.807, 2.05) is 26.0 Å². The molecule has 4 heteroatoms. The highest BCUT2D eigenvalue weighted by atomic mass is 35.5. The minimum atomic E-state index is 0.412. The van der Waals surface area contributed by atoms with E-state index in [1.165, 1.54) is 0 Å². The smallest absolute Gasteiger partial charge is 0.0412 e. The summed E-state index contributed by atoms with van der Waals surface area (Å²) in [5.41, 5.74) is 11.2. The molecule has 0 aliphatic heterocycles. The first-order valence-corrected chi connectivity index (χ1v) is 5.29. The molecule has 0 aliphatic carbocycles. The van der Waals surface area contributed by atoms with Gasteiger partial charge in [-0.05, 0) is 42.6 Å². The van der Waals surface area contributed by atoms with E-state index >= 15 is 0 Å². The van der Waals surface area contributed by atoms with Crippen LogP contribution in [0.5, 0.6) is 0 Å². The summed E-state index contributed by atoms with van der Waals surface area (Å²) in [5, 5.41) is 4.15. The van der Waals surface area contributed by atoms with Crippen molar-refractivity contribution >= 4 is 11.6 Å². The van der Waals surface area contributed by atoms with Crippen molar-refractivity contribution in [1.82, 2.24) is 0 Å². The number of rotatable bonds is 2. The Morgan fingerprint density at radius 2 is 2.00 bits per heavy atom. The Kier molecular flexibility index (Phi) is 4.72. The lowest BCUT2D eigenvalue weighted by Crippen LogP contribution is -1.88. The maximum atomic E-state index is 8.10. The van der Waals surface area contributed by atoms with Crippen LogP contribution in [0.25, 0.3) is 10.4 Å². The highest BCUT2D eigenvalue weighted by molar-refractivity contribution is 6.30. The van der Waals surface area contributed by atoms with Gasteiger partial charge in [0.2, 0.25) is 0 Å². The minimum Gasteiger partial charge on any atom is -0.0977 e. The first kappa shape index (κ1) is 12.4. The van der Waals surface area contributed by atoms with Crippen molar-refractivity contribution in [2.24, 2.45) is 5.11 Å². The first-order chi connectivity index (χ1) is 7.65. The van der Waals surface area contributed by atoms with E-state index in [0.29, 0.717) is 13.0 Å². The molecule has 16 heavy (non-hydrogen) atoms. The van der Waals surface area contributed by atoms with Gasteiger partial charge < -0.3 is 0 Å². The third-order valence-corrected chi connectivity index (χ3v) is 2.33. The summed E-state index contributed by atoms with van der Waals surface area (Å²) in [4.78, 5) is 2.67. The third-order valence-electron chi connectivity index (χ3n) is 2.11. The maximum Gasteiger partial charge on any atom is 0.0412 e. The van der Waals surface area contributed by atoms with Crippen LogP contribution in [0.3, 0.4) is 0 Å². The summed E-state index contributed by atoms with van der Waals surface area (Å²) in [5.74, 6) is 6.06. The second-order valence-corrected chi connectivity index (χ2v) is 3.86. The fourth-order valence-electron chi connectivity index (χ4n) is 1.41. The summed E-state index contributed by atoms with van der Waals surface area (Å²) in [6, 6.07) is 3.79. The van der Waals surface area contributed by atoms with Gasteiger partial charge in [0.25, 0.3) is 0 Å². The molecule has 0 saturated heterocycles. The van der Waals surface area contributed by atoms with Crippen molar-refractivity contribution < 1.29 is 0 Å². The molecule has 82 valence electrons. The Balaban J connectivity index is 2.84. The summed E-state index contributed by atoms with van der Waals surface area (Å²) >= 11 is 5.92. The zero-order chi connectivity index (χ0) is 12.0. The van der Waals surface area contributed by atoms with Crippen LogP contribution in [0.15, 0.2) is 17.2 Å². The van der Waals surface area contributed by atoms with Gasteiger partial charge in [-0.2, -0.15) is 0 Å². The van der Waals surface area contributed by atoms with Crippen LogP contribution in [0.1, 0.15) is 23.1 Å². The van der Waals surface area contributed by atoms with Crippen molar-refractivity contribution in [3.63, 3.8) is 0 Å². The number of azide groups is 1. The van der Waals surface area contributed by atoms with Gasteiger partial charge in [-0.1, -0.05) is 28.6 Å². The van der Waals surface area contributed by atoms with E-state index in [1.54, 1.807) is 0 Å². The summed E-state index contributed by atoms with van der Waals surface area (Å²) < 4.78 is 0. The van der Waals surface area contributed by atoms with Crippen LogP contribution < -0.4 is 0 Å². The van der Waals surface area contributed by atoms with Crippen LogP contribution in [0.2, 0.25) is 5.02 Å². The lowest BCUT2D eigenvalue weighted by atomic mass is 10.0. The van der Waals surface area contributed by atoms with Crippen LogP contribution in [0.4, 0.5) is 0 Å². The standard InChI is InChI=1S/C12H12ClN3/c1-9-7-11(13)8-10(2)12(9)5-3-4-6-15-16-14/h7-8H,4,6H2,1-2H3. The van der Waals surface area contributed by atoms with E-state index in [-0.39, 0.29) is 0 Å². The van der Waals surface area contributed by atoms with E-state index in [4.69, 9.17) is 17.1 Å². The van der Waals surface area contributed by atoms with Gasteiger partial charge in [-0.15, -0.1) is 0 Å². The normalized spacial score (nSPS) is 8.94. The zero-order valence-electron chi connectivity index (χ0n) is 9.29. The van der Waals surface area contributed by atoms with Crippen LogP contribution in [-0.4, -0.2) is 6.54 Å². The van der Waals surface area contributed by atoms with Crippen molar-refractivity contribution in [1.29, 1.82) is 0 Å². The van der Waals surface area contributed by atoms with Crippen LogP contribution >= 0.6 is 11.6 Å². The van der Waals surface area contributed by atoms with E-state index in [0.717, 1.165) is 21.7 Å². The van der Waals surface area contributed by atoms with E-state index in [2.05, 4.69) is 21.9 Å². The molecule has 0 radical (unpaired) electrons. The second-order valence-electron chi connectivity index (χ2n) is 3.42. The molecule has 1 aromatic rings. The predicted molar refractivity (Wildman–Crippen MR) is 66.4 cm³/mol. The van der Waals surface area contributed by atoms with Crippen LogP contribution in [-0.2, 0) is 0 Å². The number of nitrogens with zero attached hydrogens (tertiary/aromatic N) is 3. The van der Waals surface area contributed by atoms with Crippen molar-refractivity contribution in [3.05, 3.63) is 44.3 Å². The van der Waals surface area contributed by atoms with Gasteiger partial charge in [-0.3, -0.25) is 0 Å². The molecule has 0 heterocycles. The average molecular weight is 234 g/mol. The molecule has 0 bridgehead atoms.